The maximum Gasteiger partial charge on any atom is 0.250 e. The maximum absolute atomic E-state index is 13.3. The molecule has 1 aromatic heterocycles. The summed E-state index contributed by atoms with van der Waals surface area (Å²) < 4.78 is 7.57. The number of hydrogen-bond acceptors (Lipinski definition) is 3. The third-order valence-corrected chi connectivity index (χ3v) is 5.91. The number of amides is 1. The molecule has 0 radical (unpaired) electrons. The van der Waals surface area contributed by atoms with E-state index in [4.69, 9.17) is 4.74 Å². The van der Waals surface area contributed by atoms with Crippen LogP contribution in [0.15, 0.2) is 60.6 Å². The van der Waals surface area contributed by atoms with Crippen LogP contribution in [0.4, 0.5) is 0 Å². The highest BCUT2D eigenvalue weighted by Crippen LogP contribution is 2.30. The number of imidazole rings is 1. The molecule has 1 saturated heterocycles. The Labute approximate surface area is 184 Å². The molecule has 0 aliphatic carbocycles. The quantitative estimate of drug-likeness (QED) is 0.534. The van der Waals surface area contributed by atoms with Crippen LogP contribution < -0.4 is 4.74 Å². The topological polar surface area (TPSA) is 47.4 Å². The molecule has 0 bridgehead atoms. The Hall–Kier alpha value is -3.34. The van der Waals surface area contributed by atoms with Gasteiger partial charge in [-0.3, -0.25) is 4.79 Å². The Bertz CT molecular complexity index is 1130. The van der Waals surface area contributed by atoms with E-state index in [9.17, 15) is 4.79 Å². The number of aryl methyl sites for hydroxylation is 2. The summed E-state index contributed by atoms with van der Waals surface area (Å²) in [6.07, 6.45) is 7.51. The van der Waals surface area contributed by atoms with Crippen molar-refractivity contribution >= 4 is 12.0 Å². The van der Waals surface area contributed by atoms with Crippen molar-refractivity contribution in [3.8, 4) is 11.4 Å². The molecule has 2 aromatic carbocycles. The molecule has 1 atom stereocenters. The smallest absolute Gasteiger partial charge is 0.250 e. The molecule has 1 aliphatic heterocycles. The predicted molar refractivity (Wildman–Crippen MR) is 123 cm³/mol. The lowest BCUT2D eigenvalue weighted by atomic mass is 9.97. The van der Waals surface area contributed by atoms with Crippen LogP contribution in [0.1, 0.15) is 48.2 Å². The third-order valence-electron chi connectivity index (χ3n) is 5.91. The lowest BCUT2D eigenvalue weighted by Crippen LogP contribution is -2.38. The molecule has 1 aliphatic rings. The van der Waals surface area contributed by atoms with Gasteiger partial charge in [0.25, 0.3) is 0 Å². The number of carbonyl (C=O) groups excluding carboxylic acids is 1. The molecular weight excluding hydrogens is 386 g/mol. The third kappa shape index (κ3) is 4.41. The minimum atomic E-state index is 0.0532. The van der Waals surface area contributed by atoms with E-state index in [0.717, 1.165) is 47.7 Å². The van der Waals surface area contributed by atoms with Crippen LogP contribution in [0.2, 0.25) is 0 Å². The first-order valence-corrected chi connectivity index (χ1v) is 10.7. The molecule has 0 N–H and O–H groups in total. The number of methoxy groups -OCH3 is 1. The standard InChI is InChI=1S/C26H29N3O2/c1-18-7-5-8-22(13-18)20(3)29-12-6-9-23(26(29)30)14-21-10-11-24(25(15-21)31-4)28-16-19(2)27-17-28/h5,7-8,10-11,13-17,20H,6,9,12H2,1-4H3/t20-/m0/s1. The van der Waals surface area contributed by atoms with Crippen LogP contribution in [0.3, 0.4) is 0 Å². The fourth-order valence-corrected chi connectivity index (χ4v) is 4.20. The van der Waals surface area contributed by atoms with Crippen molar-refractivity contribution in [2.24, 2.45) is 0 Å². The van der Waals surface area contributed by atoms with E-state index in [1.54, 1.807) is 13.4 Å². The normalized spacial score (nSPS) is 16.6. The van der Waals surface area contributed by atoms with Gasteiger partial charge in [0.1, 0.15) is 5.75 Å². The second kappa shape index (κ2) is 8.80. The zero-order chi connectivity index (χ0) is 22.0. The molecule has 4 rings (SSSR count). The largest absolute Gasteiger partial charge is 0.495 e. The van der Waals surface area contributed by atoms with Crippen molar-refractivity contribution in [3.63, 3.8) is 0 Å². The van der Waals surface area contributed by atoms with E-state index in [0.29, 0.717) is 0 Å². The lowest BCUT2D eigenvalue weighted by molar-refractivity contribution is -0.130. The zero-order valence-corrected chi connectivity index (χ0v) is 18.6. The number of rotatable bonds is 5. The van der Waals surface area contributed by atoms with E-state index >= 15 is 0 Å². The zero-order valence-electron chi connectivity index (χ0n) is 18.6. The van der Waals surface area contributed by atoms with Crippen LogP contribution in [0, 0.1) is 13.8 Å². The SMILES string of the molecule is COc1cc(C=C2CCCN([C@@H](C)c3cccc(C)c3)C2=O)ccc1-n1cnc(C)c1. The lowest BCUT2D eigenvalue weighted by Gasteiger charge is -2.34. The van der Waals surface area contributed by atoms with Crippen molar-refractivity contribution in [2.45, 2.75) is 39.7 Å². The van der Waals surface area contributed by atoms with Crippen LogP contribution in [-0.4, -0.2) is 34.0 Å². The van der Waals surface area contributed by atoms with E-state index in [1.165, 1.54) is 11.1 Å². The fourth-order valence-electron chi connectivity index (χ4n) is 4.20. The Balaban J connectivity index is 1.60. The van der Waals surface area contributed by atoms with Gasteiger partial charge in [-0.25, -0.2) is 4.98 Å². The van der Waals surface area contributed by atoms with Gasteiger partial charge in [0, 0.05) is 18.3 Å². The average molecular weight is 416 g/mol. The van der Waals surface area contributed by atoms with Crippen molar-refractivity contribution in [1.29, 1.82) is 0 Å². The molecule has 160 valence electrons. The van der Waals surface area contributed by atoms with Gasteiger partial charge in [-0.05, 0) is 62.9 Å². The average Bonchev–Trinajstić information content (AvgIpc) is 3.20. The molecule has 5 nitrogen and oxygen atoms in total. The Kier molecular flexibility index (Phi) is 5.94. The van der Waals surface area contributed by atoms with Crippen molar-refractivity contribution < 1.29 is 9.53 Å². The minimum absolute atomic E-state index is 0.0532. The predicted octanol–water partition coefficient (Wildman–Crippen LogP) is 5.26. The van der Waals surface area contributed by atoms with E-state index in [2.05, 4.69) is 43.1 Å². The molecule has 2 heterocycles. The van der Waals surface area contributed by atoms with Gasteiger partial charge in [0.05, 0.1) is 30.9 Å². The summed E-state index contributed by atoms with van der Waals surface area (Å²) in [6, 6.07) is 14.5. The number of hydrogen-bond donors (Lipinski definition) is 0. The summed E-state index contributed by atoms with van der Waals surface area (Å²) in [6.45, 7) is 6.94. The highest BCUT2D eigenvalue weighted by molar-refractivity contribution is 5.98. The van der Waals surface area contributed by atoms with Gasteiger partial charge in [-0.2, -0.15) is 0 Å². The monoisotopic (exact) mass is 415 g/mol. The summed E-state index contributed by atoms with van der Waals surface area (Å²) in [5.41, 5.74) is 6.07. The molecule has 1 amide bonds. The number of benzene rings is 2. The second-order valence-electron chi connectivity index (χ2n) is 8.22. The number of carbonyl (C=O) groups is 1. The first-order valence-electron chi connectivity index (χ1n) is 10.7. The molecular formula is C26H29N3O2. The van der Waals surface area contributed by atoms with Gasteiger partial charge >= 0.3 is 0 Å². The molecule has 3 aromatic rings. The molecule has 1 fully saturated rings. The number of nitrogens with zero attached hydrogens (tertiary/aromatic N) is 3. The summed E-state index contributed by atoms with van der Waals surface area (Å²) in [4.78, 5) is 19.6. The highest BCUT2D eigenvalue weighted by Gasteiger charge is 2.28. The first-order chi connectivity index (χ1) is 15.0. The van der Waals surface area contributed by atoms with E-state index in [1.807, 2.05) is 46.9 Å². The van der Waals surface area contributed by atoms with E-state index < -0.39 is 0 Å². The number of aromatic nitrogens is 2. The minimum Gasteiger partial charge on any atom is -0.495 e. The number of piperidine rings is 1. The first kappa shape index (κ1) is 20.9. The Morgan fingerprint density at radius 3 is 2.71 bits per heavy atom. The molecule has 31 heavy (non-hydrogen) atoms. The summed E-state index contributed by atoms with van der Waals surface area (Å²) in [7, 11) is 1.66. The molecule has 0 unspecified atom stereocenters. The second-order valence-corrected chi connectivity index (χ2v) is 8.22. The van der Waals surface area contributed by atoms with Crippen LogP contribution in [0.5, 0.6) is 5.75 Å². The molecule has 5 heteroatoms. The van der Waals surface area contributed by atoms with Gasteiger partial charge in [0.15, 0.2) is 0 Å². The van der Waals surface area contributed by atoms with Crippen molar-refractivity contribution in [2.75, 3.05) is 13.7 Å². The number of likely N-dealkylation sites (tertiary alicyclic amines) is 1. The van der Waals surface area contributed by atoms with E-state index in [-0.39, 0.29) is 11.9 Å². The molecule has 0 spiro atoms. The van der Waals surface area contributed by atoms with Crippen molar-refractivity contribution in [3.05, 3.63) is 82.9 Å². The van der Waals surface area contributed by atoms with Gasteiger partial charge in [-0.15, -0.1) is 0 Å². The Morgan fingerprint density at radius 2 is 2.00 bits per heavy atom. The van der Waals surface area contributed by atoms with Gasteiger partial charge in [-0.1, -0.05) is 35.9 Å². The van der Waals surface area contributed by atoms with Crippen molar-refractivity contribution in [1.82, 2.24) is 14.5 Å². The molecule has 0 saturated carbocycles. The highest BCUT2D eigenvalue weighted by atomic mass is 16.5. The summed E-state index contributed by atoms with van der Waals surface area (Å²) >= 11 is 0. The maximum atomic E-state index is 13.3. The van der Waals surface area contributed by atoms with Crippen LogP contribution >= 0.6 is 0 Å². The van der Waals surface area contributed by atoms with Gasteiger partial charge < -0.3 is 14.2 Å². The van der Waals surface area contributed by atoms with Gasteiger partial charge in [0.2, 0.25) is 5.91 Å². The van der Waals surface area contributed by atoms with Crippen LogP contribution in [0.25, 0.3) is 11.8 Å². The fraction of sp³-hybridized carbons (Fsp3) is 0.308. The van der Waals surface area contributed by atoms with Crippen LogP contribution in [-0.2, 0) is 4.79 Å². The summed E-state index contributed by atoms with van der Waals surface area (Å²) in [5, 5.41) is 0. The number of ether oxygens (including phenoxy) is 1. The summed E-state index contributed by atoms with van der Waals surface area (Å²) in [5.74, 6) is 0.869. The Morgan fingerprint density at radius 1 is 1.16 bits per heavy atom.